The van der Waals surface area contributed by atoms with Gasteiger partial charge in [-0.05, 0) is 45.7 Å². The molecule has 2 nitrogen and oxygen atoms in total. The van der Waals surface area contributed by atoms with Crippen LogP contribution < -0.4 is 30.1 Å². The first-order chi connectivity index (χ1) is 7.79. The molecule has 0 spiro atoms. The van der Waals surface area contributed by atoms with Gasteiger partial charge in [-0.3, -0.25) is 0 Å². The SMILES string of the molecule is CN(C)CCCNCC#Cc1ccccc1.[Cl-].[Cl-]. The first-order valence-corrected chi connectivity index (χ1v) is 5.68. The Kier molecular flexibility index (Phi) is 13.9. The second kappa shape index (κ2) is 12.7. The minimum Gasteiger partial charge on any atom is -1.00 e. The summed E-state index contributed by atoms with van der Waals surface area (Å²) < 4.78 is 0. The van der Waals surface area contributed by atoms with Crippen LogP contribution in [0.1, 0.15) is 12.0 Å². The van der Waals surface area contributed by atoms with Gasteiger partial charge in [0.1, 0.15) is 0 Å². The van der Waals surface area contributed by atoms with E-state index in [9.17, 15) is 0 Å². The average Bonchev–Trinajstić information content (AvgIpc) is 2.29. The van der Waals surface area contributed by atoms with Crippen LogP contribution in [0.25, 0.3) is 0 Å². The quantitative estimate of drug-likeness (QED) is 0.434. The molecule has 0 aliphatic rings. The zero-order valence-corrected chi connectivity index (χ0v) is 12.4. The number of benzene rings is 1. The lowest BCUT2D eigenvalue weighted by atomic mass is 10.2. The Balaban J connectivity index is 0. The van der Waals surface area contributed by atoms with Gasteiger partial charge in [-0.2, -0.15) is 0 Å². The lowest BCUT2D eigenvalue weighted by molar-refractivity contribution is -0.00100. The third-order valence-corrected chi connectivity index (χ3v) is 2.18. The molecular weight excluding hydrogens is 267 g/mol. The fraction of sp³-hybridized carbons (Fsp3) is 0.429. The highest BCUT2D eigenvalue weighted by Gasteiger charge is 1.88. The van der Waals surface area contributed by atoms with Gasteiger partial charge >= 0.3 is 0 Å². The predicted octanol–water partition coefficient (Wildman–Crippen LogP) is -4.41. The molecule has 102 valence electrons. The summed E-state index contributed by atoms with van der Waals surface area (Å²) >= 11 is 0. The van der Waals surface area contributed by atoms with Crippen molar-refractivity contribution >= 4 is 0 Å². The Morgan fingerprint density at radius 2 is 1.78 bits per heavy atom. The molecule has 18 heavy (non-hydrogen) atoms. The van der Waals surface area contributed by atoms with E-state index in [0.717, 1.165) is 25.2 Å². The van der Waals surface area contributed by atoms with E-state index in [4.69, 9.17) is 0 Å². The van der Waals surface area contributed by atoms with Crippen LogP contribution in [-0.2, 0) is 0 Å². The van der Waals surface area contributed by atoms with Gasteiger partial charge in [0.05, 0.1) is 6.54 Å². The fourth-order valence-corrected chi connectivity index (χ4v) is 1.34. The highest BCUT2D eigenvalue weighted by atomic mass is 35.5. The van der Waals surface area contributed by atoms with Crippen molar-refractivity contribution in [2.75, 3.05) is 33.7 Å². The summed E-state index contributed by atoms with van der Waals surface area (Å²) in [7, 11) is 4.18. The number of rotatable bonds is 5. The minimum absolute atomic E-state index is 0. The van der Waals surface area contributed by atoms with Crippen LogP contribution in [0.5, 0.6) is 0 Å². The first kappa shape index (κ1) is 19.6. The Morgan fingerprint density at radius 3 is 2.39 bits per heavy atom. The molecule has 0 unspecified atom stereocenters. The zero-order chi connectivity index (χ0) is 11.6. The lowest BCUT2D eigenvalue weighted by Gasteiger charge is -2.08. The molecule has 0 saturated heterocycles. The molecule has 1 aromatic carbocycles. The van der Waals surface area contributed by atoms with E-state index >= 15 is 0 Å². The smallest absolute Gasteiger partial charge is 0.0580 e. The van der Waals surface area contributed by atoms with Crippen molar-refractivity contribution in [1.82, 2.24) is 10.2 Å². The number of hydrogen-bond donors (Lipinski definition) is 1. The van der Waals surface area contributed by atoms with Crippen molar-refractivity contribution < 1.29 is 24.8 Å². The maximum atomic E-state index is 3.31. The van der Waals surface area contributed by atoms with E-state index in [1.165, 1.54) is 6.42 Å². The zero-order valence-electron chi connectivity index (χ0n) is 10.9. The predicted molar refractivity (Wildman–Crippen MR) is 69.4 cm³/mol. The van der Waals surface area contributed by atoms with E-state index in [0.29, 0.717) is 0 Å². The maximum absolute atomic E-state index is 3.31. The van der Waals surface area contributed by atoms with Gasteiger partial charge in [0.2, 0.25) is 0 Å². The molecule has 1 aromatic rings. The molecule has 0 aliphatic carbocycles. The lowest BCUT2D eigenvalue weighted by Crippen LogP contribution is -3.00. The molecule has 0 amide bonds. The van der Waals surface area contributed by atoms with Crippen LogP contribution in [-0.4, -0.2) is 38.6 Å². The van der Waals surface area contributed by atoms with Crippen LogP contribution in [0.2, 0.25) is 0 Å². The summed E-state index contributed by atoms with van der Waals surface area (Å²) in [5.74, 6) is 6.24. The van der Waals surface area contributed by atoms with Crippen molar-refractivity contribution in [3.05, 3.63) is 35.9 Å². The topological polar surface area (TPSA) is 15.3 Å². The Bertz CT molecular complexity index is 342. The van der Waals surface area contributed by atoms with Crippen molar-refractivity contribution in [3.8, 4) is 11.8 Å². The highest BCUT2D eigenvalue weighted by Crippen LogP contribution is 1.94. The number of nitrogens with one attached hydrogen (secondary N) is 1. The third-order valence-electron chi connectivity index (χ3n) is 2.18. The summed E-state index contributed by atoms with van der Waals surface area (Å²) in [5, 5.41) is 3.31. The van der Waals surface area contributed by atoms with Crippen molar-refractivity contribution in [2.24, 2.45) is 0 Å². The van der Waals surface area contributed by atoms with Gasteiger partial charge in [-0.15, -0.1) is 0 Å². The molecule has 0 atom stereocenters. The van der Waals surface area contributed by atoms with Gasteiger partial charge in [0.25, 0.3) is 0 Å². The number of nitrogens with zero attached hydrogens (tertiary/aromatic N) is 1. The van der Waals surface area contributed by atoms with Crippen molar-refractivity contribution in [1.29, 1.82) is 0 Å². The number of hydrogen-bond acceptors (Lipinski definition) is 2. The van der Waals surface area contributed by atoms with Gasteiger partial charge in [-0.1, -0.05) is 30.0 Å². The van der Waals surface area contributed by atoms with Crippen molar-refractivity contribution in [2.45, 2.75) is 6.42 Å². The number of halogens is 2. The van der Waals surface area contributed by atoms with E-state index in [-0.39, 0.29) is 24.8 Å². The van der Waals surface area contributed by atoms with Crippen LogP contribution in [0, 0.1) is 11.8 Å². The van der Waals surface area contributed by atoms with E-state index < -0.39 is 0 Å². The minimum atomic E-state index is 0. The average molecular weight is 287 g/mol. The molecule has 4 heteroatoms. The van der Waals surface area contributed by atoms with Crippen LogP contribution in [0.3, 0.4) is 0 Å². The van der Waals surface area contributed by atoms with E-state index in [2.05, 4.69) is 36.2 Å². The van der Waals surface area contributed by atoms with Gasteiger partial charge in [0, 0.05) is 5.56 Å². The standard InChI is InChI=1S/C14H20N2.2ClH/c1-16(2)13-7-12-15-11-6-10-14-8-4-3-5-9-14;;/h3-5,8-9,15H,7,11-13H2,1-2H3;2*1H/p-2. The summed E-state index contributed by atoms with van der Waals surface area (Å²) in [6.07, 6.45) is 1.17. The molecule has 0 fully saturated rings. The molecule has 0 aliphatic heterocycles. The third kappa shape index (κ3) is 10.4. The van der Waals surface area contributed by atoms with Gasteiger partial charge in [0.15, 0.2) is 0 Å². The molecule has 1 N–H and O–H groups in total. The second-order valence-electron chi connectivity index (χ2n) is 4.00. The van der Waals surface area contributed by atoms with Crippen molar-refractivity contribution in [3.63, 3.8) is 0 Å². The van der Waals surface area contributed by atoms with Crippen LogP contribution in [0.15, 0.2) is 30.3 Å². The summed E-state index contributed by atoms with van der Waals surface area (Å²) in [4.78, 5) is 2.19. The molecule has 0 bridgehead atoms. The van der Waals surface area contributed by atoms with E-state index in [1.54, 1.807) is 0 Å². The summed E-state index contributed by atoms with van der Waals surface area (Å²) in [6.45, 7) is 2.92. The molecular formula is C14H20Cl2N2-2. The molecule has 0 saturated carbocycles. The van der Waals surface area contributed by atoms with E-state index in [1.807, 2.05) is 30.3 Å². The molecule has 0 heterocycles. The molecule has 1 rings (SSSR count). The summed E-state index contributed by atoms with van der Waals surface area (Å²) in [6, 6.07) is 10.1. The van der Waals surface area contributed by atoms with Crippen LogP contribution in [0.4, 0.5) is 0 Å². The Labute approximate surface area is 123 Å². The largest absolute Gasteiger partial charge is 1.00 e. The first-order valence-electron chi connectivity index (χ1n) is 5.68. The summed E-state index contributed by atoms with van der Waals surface area (Å²) in [5.41, 5.74) is 1.08. The van der Waals surface area contributed by atoms with Crippen LogP contribution >= 0.6 is 0 Å². The maximum Gasteiger partial charge on any atom is 0.0580 e. The molecule has 0 aromatic heterocycles. The Morgan fingerprint density at radius 1 is 1.11 bits per heavy atom. The normalized spacial score (nSPS) is 8.83. The monoisotopic (exact) mass is 286 g/mol. The van der Waals surface area contributed by atoms with Gasteiger partial charge < -0.3 is 35.0 Å². The fourth-order valence-electron chi connectivity index (χ4n) is 1.34. The highest BCUT2D eigenvalue weighted by molar-refractivity contribution is 5.33. The second-order valence-corrected chi connectivity index (χ2v) is 4.00. The Hall–Kier alpha value is -0.720. The van der Waals surface area contributed by atoms with Gasteiger partial charge in [-0.25, -0.2) is 0 Å². The molecule has 0 radical (unpaired) electrons.